The van der Waals surface area contributed by atoms with Gasteiger partial charge >= 0.3 is 0 Å². The summed E-state index contributed by atoms with van der Waals surface area (Å²) in [5.74, 6) is 0.774. The summed E-state index contributed by atoms with van der Waals surface area (Å²) >= 11 is 1.70. The molecule has 0 aromatic carbocycles. The quantitative estimate of drug-likeness (QED) is 0.777. The molecule has 7 nitrogen and oxygen atoms in total. The molecule has 8 heteroatoms. The minimum absolute atomic E-state index is 0.0497. The first-order valence-corrected chi connectivity index (χ1v) is 11.4. The Morgan fingerprint density at radius 2 is 2.10 bits per heavy atom. The van der Waals surface area contributed by atoms with Crippen LogP contribution in [0.5, 0.6) is 5.88 Å². The van der Waals surface area contributed by atoms with Crippen molar-refractivity contribution in [3.05, 3.63) is 16.8 Å². The predicted molar refractivity (Wildman–Crippen MR) is 113 cm³/mol. The van der Waals surface area contributed by atoms with Crippen molar-refractivity contribution < 1.29 is 14.6 Å². The van der Waals surface area contributed by atoms with E-state index in [4.69, 9.17) is 9.84 Å². The molecule has 4 rings (SSSR count). The van der Waals surface area contributed by atoms with E-state index in [0.29, 0.717) is 31.3 Å². The number of ether oxygens (including phenoxy) is 1. The summed E-state index contributed by atoms with van der Waals surface area (Å²) in [6, 6.07) is 0.632. The molecule has 1 saturated carbocycles. The van der Waals surface area contributed by atoms with Gasteiger partial charge in [-0.25, -0.2) is 9.97 Å². The van der Waals surface area contributed by atoms with Gasteiger partial charge in [-0.15, -0.1) is 11.3 Å². The average molecular weight is 419 g/mol. The van der Waals surface area contributed by atoms with Crippen LogP contribution in [0.2, 0.25) is 0 Å². The standard InChI is InChI=1S/C21H30N4O3S/c1-24(2)14-5-7-15(8-6-14)28-20-19-16-12-25(18(27)4-3-11-26)10-9-17(16)29-21(19)23-13-22-20/h13-15,26H,3-12H2,1-2H3. The number of aliphatic hydroxyl groups is 1. The highest BCUT2D eigenvalue weighted by atomic mass is 32.1. The Morgan fingerprint density at radius 1 is 1.31 bits per heavy atom. The molecule has 1 aliphatic heterocycles. The second-order valence-electron chi connectivity index (χ2n) is 8.27. The molecule has 1 fully saturated rings. The number of hydrogen-bond donors (Lipinski definition) is 1. The molecule has 0 unspecified atom stereocenters. The number of thiophene rings is 1. The molecule has 1 aliphatic carbocycles. The highest BCUT2D eigenvalue weighted by Gasteiger charge is 2.29. The highest BCUT2D eigenvalue weighted by Crippen LogP contribution is 2.39. The van der Waals surface area contributed by atoms with Gasteiger partial charge in [0.2, 0.25) is 11.8 Å². The fourth-order valence-electron chi connectivity index (χ4n) is 4.41. The molecule has 2 aromatic rings. The van der Waals surface area contributed by atoms with Crippen LogP contribution >= 0.6 is 11.3 Å². The smallest absolute Gasteiger partial charge is 0.225 e. The summed E-state index contributed by atoms with van der Waals surface area (Å²) in [5.41, 5.74) is 1.14. The Labute approximate surface area is 175 Å². The molecule has 0 atom stereocenters. The van der Waals surface area contributed by atoms with Crippen LogP contribution in [0.4, 0.5) is 0 Å². The molecule has 29 heavy (non-hydrogen) atoms. The van der Waals surface area contributed by atoms with Crippen LogP contribution in [0.3, 0.4) is 0 Å². The Morgan fingerprint density at radius 3 is 2.83 bits per heavy atom. The van der Waals surface area contributed by atoms with E-state index in [1.807, 2.05) is 4.90 Å². The highest BCUT2D eigenvalue weighted by molar-refractivity contribution is 7.18. The number of hydrogen-bond acceptors (Lipinski definition) is 7. The summed E-state index contributed by atoms with van der Waals surface area (Å²) in [6.07, 6.45) is 7.87. The van der Waals surface area contributed by atoms with Gasteiger partial charge in [-0.05, 0) is 52.6 Å². The van der Waals surface area contributed by atoms with Crippen molar-refractivity contribution in [1.29, 1.82) is 0 Å². The monoisotopic (exact) mass is 418 g/mol. The van der Waals surface area contributed by atoms with Crippen LogP contribution in [0, 0.1) is 0 Å². The topological polar surface area (TPSA) is 78.8 Å². The molecule has 3 heterocycles. The molecule has 158 valence electrons. The zero-order chi connectivity index (χ0) is 20.4. The van der Waals surface area contributed by atoms with Gasteiger partial charge in [0, 0.05) is 42.6 Å². The number of carbonyl (C=O) groups is 1. The molecule has 2 aromatic heterocycles. The second kappa shape index (κ2) is 8.93. The summed E-state index contributed by atoms with van der Waals surface area (Å²) < 4.78 is 6.38. The molecule has 0 spiro atoms. The summed E-state index contributed by atoms with van der Waals surface area (Å²) in [6.45, 7) is 1.35. The Hall–Kier alpha value is -1.77. The van der Waals surface area contributed by atoms with Gasteiger partial charge in [-0.2, -0.15) is 0 Å². The minimum Gasteiger partial charge on any atom is -0.474 e. The van der Waals surface area contributed by atoms with Gasteiger partial charge in [0.25, 0.3) is 0 Å². The SMILES string of the molecule is CN(C)C1CCC(Oc2ncnc3sc4c(c23)CN(C(=O)CCCO)CC4)CC1. The maximum absolute atomic E-state index is 12.5. The van der Waals surface area contributed by atoms with E-state index in [2.05, 4.69) is 29.0 Å². The summed E-state index contributed by atoms with van der Waals surface area (Å²) in [5, 5.41) is 10.0. The number of aromatic nitrogens is 2. The first kappa shape index (κ1) is 20.5. The Kier molecular flexibility index (Phi) is 6.32. The maximum Gasteiger partial charge on any atom is 0.225 e. The van der Waals surface area contributed by atoms with Crippen molar-refractivity contribution >= 4 is 27.5 Å². The largest absolute Gasteiger partial charge is 0.474 e. The lowest BCUT2D eigenvalue weighted by molar-refractivity contribution is -0.132. The lowest BCUT2D eigenvalue weighted by atomic mass is 9.92. The Balaban J connectivity index is 1.53. The number of carbonyl (C=O) groups excluding carboxylic acids is 1. The van der Waals surface area contributed by atoms with E-state index in [1.165, 1.54) is 4.88 Å². The molecule has 1 amide bonds. The van der Waals surface area contributed by atoms with Crippen molar-refractivity contribution in [1.82, 2.24) is 19.8 Å². The number of fused-ring (bicyclic) bond motifs is 3. The van der Waals surface area contributed by atoms with Crippen molar-refractivity contribution in [3.8, 4) is 5.88 Å². The normalized spacial score (nSPS) is 22.1. The van der Waals surface area contributed by atoms with Gasteiger partial charge in [0.15, 0.2) is 0 Å². The Bertz CT molecular complexity index is 861. The molecule has 0 saturated heterocycles. The van der Waals surface area contributed by atoms with Gasteiger partial charge in [-0.1, -0.05) is 0 Å². The lowest BCUT2D eigenvalue weighted by Gasteiger charge is -2.32. The van der Waals surface area contributed by atoms with Gasteiger partial charge in [0.1, 0.15) is 17.3 Å². The third-order valence-corrected chi connectivity index (χ3v) is 7.35. The van der Waals surface area contributed by atoms with Crippen molar-refractivity contribution in [3.63, 3.8) is 0 Å². The second-order valence-corrected chi connectivity index (χ2v) is 9.35. The van der Waals surface area contributed by atoms with Crippen molar-refractivity contribution in [2.45, 2.75) is 63.6 Å². The van der Waals surface area contributed by atoms with E-state index >= 15 is 0 Å². The van der Waals surface area contributed by atoms with Crippen molar-refractivity contribution in [2.24, 2.45) is 0 Å². The fraction of sp³-hybridized carbons (Fsp3) is 0.667. The van der Waals surface area contributed by atoms with Gasteiger partial charge in [0.05, 0.1) is 5.39 Å². The molecular weight excluding hydrogens is 388 g/mol. The van der Waals surface area contributed by atoms with Crippen LogP contribution in [0.1, 0.15) is 49.0 Å². The molecule has 2 aliphatic rings. The van der Waals surface area contributed by atoms with E-state index in [9.17, 15) is 4.79 Å². The number of rotatable bonds is 6. The third kappa shape index (κ3) is 4.39. The predicted octanol–water partition coefficient (Wildman–Crippen LogP) is 2.60. The molecular formula is C21H30N4O3S. The van der Waals surface area contributed by atoms with E-state index in [-0.39, 0.29) is 18.6 Å². The van der Waals surface area contributed by atoms with Crippen LogP contribution < -0.4 is 4.74 Å². The minimum atomic E-state index is 0.0497. The lowest BCUT2D eigenvalue weighted by Crippen LogP contribution is -2.36. The van der Waals surface area contributed by atoms with Crippen LogP contribution in [0.15, 0.2) is 6.33 Å². The van der Waals surface area contributed by atoms with E-state index in [1.54, 1.807) is 17.7 Å². The zero-order valence-electron chi connectivity index (χ0n) is 17.3. The summed E-state index contributed by atoms with van der Waals surface area (Å²) in [4.78, 5) is 27.9. The fourth-order valence-corrected chi connectivity index (χ4v) is 5.54. The molecule has 0 radical (unpaired) electrons. The first-order valence-electron chi connectivity index (χ1n) is 10.5. The van der Waals surface area contributed by atoms with Gasteiger partial charge < -0.3 is 19.6 Å². The first-order chi connectivity index (χ1) is 14.1. The van der Waals surface area contributed by atoms with E-state index in [0.717, 1.165) is 54.4 Å². The number of nitrogens with zero attached hydrogens (tertiary/aromatic N) is 4. The number of aliphatic hydroxyl groups excluding tert-OH is 1. The average Bonchev–Trinajstić information content (AvgIpc) is 3.11. The number of amides is 1. The van der Waals surface area contributed by atoms with E-state index < -0.39 is 0 Å². The molecule has 0 bridgehead atoms. The third-order valence-electron chi connectivity index (χ3n) is 6.15. The molecule has 1 N–H and O–H groups in total. The summed E-state index contributed by atoms with van der Waals surface area (Å²) in [7, 11) is 4.29. The zero-order valence-corrected chi connectivity index (χ0v) is 18.1. The van der Waals surface area contributed by atoms with Gasteiger partial charge in [-0.3, -0.25) is 4.79 Å². The maximum atomic E-state index is 12.5. The van der Waals surface area contributed by atoms with Crippen LogP contribution in [-0.2, 0) is 17.8 Å². The van der Waals surface area contributed by atoms with Crippen LogP contribution in [0.25, 0.3) is 10.2 Å². The van der Waals surface area contributed by atoms with Crippen LogP contribution in [-0.4, -0.2) is 70.2 Å². The van der Waals surface area contributed by atoms with Crippen molar-refractivity contribution in [2.75, 3.05) is 27.2 Å².